The second kappa shape index (κ2) is 9.06. The van der Waals surface area contributed by atoms with Crippen molar-refractivity contribution in [2.24, 2.45) is 0 Å². The Morgan fingerprint density at radius 3 is 2.58 bits per heavy atom. The number of β-amino-alcohol motifs (C(OH)–C–C–N with tert-alkyl or cyclic N) is 2. The smallest absolute Gasteiger partial charge is 0.393 e. The molecule has 1 saturated heterocycles. The number of thiophene rings is 1. The summed E-state index contributed by atoms with van der Waals surface area (Å²) in [6, 6.07) is 11.7. The molecule has 0 bridgehead atoms. The maximum Gasteiger partial charge on any atom is 0.414 e. The highest BCUT2D eigenvalue weighted by Crippen LogP contribution is 2.25. The maximum atomic E-state index is 12.7. The minimum absolute atomic E-state index is 0.0845. The Balaban J connectivity index is 1.47. The largest absolute Gasteiger partial charge is 0.414 e. The highest BCUT2D eigenvalue weighted by atomic mass is 32.1. The predicted octanol–water partition coefficient (Wildman–Crippen LogP) is 0.854. The number of amides is 2. The Labute approximate surface area is 181 Å². The number of hydrogen-bond acceptors (Lipinski definition) is 7. The first-order chi connectivity index (χ1) is 14.9. The average Bonchev–Trinajstić information content (AvgIpc) is 3.42. The van der Waals surface area contributed by atoms with Gasteiger partial charge < -0.3 is 35.3 Å². The summed E-state index contributed by atoms with van der Waals surface area (Å²) >= 11 is 1.50. The van der Waals surface area contributed by atoms with E-state index in [1.54, 1.807) is 6.07 Å². The summed E-state index contributed by atoms with van der Waals surface area (Å²) in [5, 5.41) is 34.6. The molecule has 31 heavy (non-hydrogen) atoms. The van der Waals surface area contributed by atoms with E-state index < -0.39 is 36.4 Å². The van der Waals surface area contributed by atoms with Crippen LogP contribution in [0.15, 0.2) is 47.8 Å². The van der Waals surface area contributed by atoms with E-state index in [9.17, 15) is 24.9 Å². The number of nitrogens with one attached hydrogen (secondary N) is 2. The normalized spacial score (nSPS) is 20.5. The quantitative estimate of drug-likeness (QED) is 0.382. The molecule has 4 atom stereocenters. The lowest BCUT2D eigenvalue weighted by Gasteiger charge is -2.26. The minimum atomic E-state index is -1.59. The van der Waals surface area contributed by atoms with Gasteiger partial charge in [0.15, 0.2) is 6.10 Å². The summed E-state index contributed by atoms with van der Waals surface area (Å²) in [6.45, 7) is -0.169. The lowest BCUT2D eigenvalue weighted by atomic mass is 10.0. The molecule has 3 aromatic rings. The molecule has 0 radical (unpaired) electrons. The van der Waals surface area contributed by atoms with Crippen molar-refractivity contribution < 1.29 is 29.6 Å². The summed E-state index contributed by atoms with van der Waals surface area (Å²) < 4.78 is 6.24. The number of H-pyrrole nitrogens is 1. The second-order valence-electron chi connectivity index (χ2n) is 7.48. The van der Waals surface area contributed by atoms with E-state index in [4.69, 9.17) is 4.74 Å². The number of fused-ring (bicyclic) bond motifs is 1. The molecule has 1 aliphatic heterocycles. The number of aromatic nitrogens is 1. The number of nitrogens with zero attached hydrogens (tertiary/aromatic N) is 1. The van der Waals surface area contributed by atoms with Crippen molar-refractivity contribution >= 4 is 33.6 Å². The first-order valence-corrected chi connectivity index (χ1v) is 10.7. The molecule has 9 nitrogen and oxygen atoms in total. The SMILES string of the molecule is O=C(N[C@@H](Cc1ccccc1)[C@@H](O)C(=O)N1C[C@@H](O)[C@@H](O)C1)Oc1cc2sccc2[nH]1. The number of benzene rings is 1. The molecule has 1 aliphatic rings. The van der Waals surface area contributed by atoms with Crippen molar-refractivity contribution in [3.8, 4) is 5.88 Å². The first kappa shape index (κ1) is 21.3. The molecule has 0 unspecified atom stereocenters. The van der Waals surface area contributed by atoms with Crippen molar-refractivity contribution in [1.82, 2.24) is 15.2 Å². The second-order valence-corrected chi connectivity index (χ2v) is 8.43. The van der Waals surface area contributed by atoms with Crippen LogP contribution >= 0.6 is 11.3 Å². The Morgan fingerprint density at radius 1 is 1.19 bits per heavy atom. The number of carbonyl (C=O) groups is 2. The zero-order valence-corrected chi connectivity index (χ0v) is 17.3. The van der Waals surface area contributed by atoms with Crippen LogP contribution in [0.2, 0.25) is 0 Å². The van der Waals surface area contributed by atoms with Gasteiger partial charge in [0, 0.05) is 19.2 Å². The molecular formula is C21H23N3O6S. The van der Waals surface area contributed by atoms with Gasteiger partial charge in [0.2, 0.25) is 5.88 Å². The van der Waals surface area contributed by atoms with Gasteiger partial charge in [-0.1, -0.05) is 30.3 Å². The van der Waals surface area contributed by atoms with Crippen LogP contribution in [0.5, 0.6) is 5.88 Å². The number of rotatable bonds is 6. The van der Waals surface area contributed by atoms with E-state index in [1.807, 2.05) is 41.8 Å². The molecule has 2 amide bonds. The van der Waals surface area contributed by atoms with Crippen LogP contribution in [0.4, 0.5) is 4.79 Å². The van der Waals surface area contributed by atoms with E-state index in [2.05, 4.69) is 10.3 Å². The van der Waals surface area contributed by atoms with Crippen LogP contribution < -0.4 is 10.1 Å². The first-order valence-electron chi connectivity index (χ1n) is 9.82. The maximum absolute atomic E-state index is 12.7. The van der Waals surface area contributed by atoms with Gasteiger partial charge in [-0.3, -0.25) is 4.79 Å². The molecule has 0 aliphatic carbocycles. The monoisotopic (exact) mass is 445 g/mol. The van der Waals surface area contributed by atoms with Crippen LogP contribution in [0.1, 0.15) is 5.56 Å². The van der Waals surface area contributed by atoms with Crippen molar-refractivity contribution in [2.45, 2.75) is 30.8 Å². The van der Waals surface area contributed by atoms with Gasteiger partial charge in [0.05, 0.1) is 28.5 Å². The summed E-state index contributed by atoms with van der Waals surface area (Å²) in [5.74, 6) is -0.429. The molecule has 5 N–H and O–H groups in total. The third-order valence-corrected chi connectivity index (χ3v) is 6.09. The van der Waals surface area contributed by atoms with Crippen LogP contribution in [0.3, 0.4) is 0 Å². The van der Waals surface area contributed by atoms with Gasteiger partial charge >= 0.3 is 6.09 Å². The molecule has 0 spiro atoms. The molecular weight excluding hydrogens is 422 g/mol. The molecule has 4 rings (SSSR count). The summed E-state index contributed by atoms with van der Waals surface area (Å²) in [6.07, 6.45) is -4.35. The molecule has 1 aromatic carbocycles. The highest BCUT2D eigenvalue weighted by Gasteiger charge is 2.38. The van der Waals surface area contributed by atoms with Crippen molar-refractivity contribution in [2.75, 3.05) is 13.1 Å². The third kappa shape index (κ3) is 4.88. The fourth-order valence-electron chi connectivity index (χ4n) is 3.58. The lowest BCUT2D eigenvalue weighted by molar-refractivity contribution is -0.141. The number of ether oxygens (including phenoxy) is 1. The van der Waals surface area contributed by atoms with Crippen LogP contribution in [0, 0.1) is 0 Å². The lowest BCUT2D eigenvalue weighted by Crippen LogP contribution is -2.53. The van der Waals surface area contributed by atoms with Crippen LogP contribution in [-0.2, 0) is 11.2 Å². The van der Waals surface area contributed by atoms with E-state index in [0.717, 1.165) is 15.8 Å². The van der Waals surface area contributed by atoms with Crippen molar-refractivity contribution in [3.05, 3.63) is 53.4 Å². The van der Waals surface area contributed by atoms with E-state index in [0.29, 0.717) is 0 Å². The fraction of sp³-hybridized carbons (Fsp3) is 0.333. The molecule has 164 valence electrons. The van der Waals surface area contributed by atoms with E-state index >= 15 is 0 Å². The van der Waals surface area contributed by atoms with Gasteiger partial charge in [-0.2, -0.15) is 0 Å². The summed E-state index contributed by atoms with van der Waals surface area (Å²) in [7, 11) is 0. The Bertz CT molecular complexity index is 1010. The fourth-order valence-corrected chi connectivity index (χ4v) is 4.35. The van der Waals surface area contributed by atoms with E-state index in [-0.39, 0.29) is 25.4 Å². The third-order valence-electron chi connectivity index (χ3n) is 5.22. The van der Waals surface area contributed by atoms with Gasteiger partial charge in [0.1, 0.15) is 0 Å². The van der Waals surface area contributed by atoms with Crippen molar-refractivity contribution in [3.63, 3.8) is 0 Å². The number of aromatic amines is 1. The standard InChI is InChI=1S/C21H23N3O6S/c25-15-10-24(11-16(15)26)20(28)19(27)14(8-12-4-2-1-3-5-12)23-21(29)30-18-9-17-13(22-18)6-7-31-17/h1-7,9,14-16,19,22,25-27H,8,10-11H2,(H,23,29)/t14-,15-,16+,19+/m0/s1. The van der Waals surface area contributed by atoms with Gasteiger partial charge in [-0.25, -0.2) is 4.79 Å². The summed E-state index contributed by atoms with van der Waals surface area (Å²) in [5.41, 5.74) is 1.65. The topological polar surface area (TPSA) is 135 Å². The highest BCUT2D eigenvalue weighted by molar-refractivity contribution is 7.17. The summed E-state index contributed by atoms with van der Waals surface area (Å²) in [4.78, 5) is 29.4. The van der Waals surface area contributed by atoms with Crippen LogP contribution in [0.25, 0.3) is 10.2 Å². The Morgan fingerprint density at radius 2 is 1.90 bits per heavy atom. The molecule has 2 aromatic heterocycles. The average molecular weight is 445 g/mol. The van der Waals surface area contributed by atoms with Gasteiger partial charge in [-0.05, 0) is 23.4 Å². The number of likely N-dealkylation sites (tertiary alicyclic amines) is 1. The zero-order chi connectivity index (χ0) is 22.0. The van der Waals surface area contributed by atoms with Crippen molar-refractivity contribution in [1.29, 1.82) is 0 Å². The molecule has 10 heteroatoms. The van der Waals surface area contributed by atoms with Gasteiger partial charge in [0.25, 0.3) is 5.91 Å². The molecule has 0 saturated carbocycles. The number of aliphatic hydroxyl groups is 3. The molecule has 1 fully saturated rings. The Hall–Kier alpha value is -2.92. The Kier molecular flexibility index (Phi) is 6.23. The number of carbonyl (C=O) groups excluding carboxylic acids is 2. The number of hydrogen-bond donors (Lipinski definition) is 5. The predicted molar refractivity (Wildman–Crippen MR) is 114 cm³/mol. The van der Waals surface area contributed by atoms with E-state index in [1.165, 1.54) is 16.2 Å². The number of aliphatic hydroxyl groups excluding tert-OH is 3. The van der Waals surface area contributed by atoms with Gasteiger partial charge in [-0.15, -0.1) is 11.3 Å². The van der Waals surface area contributed by atoms with Crippen LogP contribution in [-0.4, -0.2) is 74.6 Å². The zero-order valence-electron chi connectivity index (χ0n) is 16.5. The molecule has 3 heterocycles. The minimum Gasteiger partial charge on any atom is -0.393 e.